The fourth-order valence-corrected chi connectivity index (χ4v) is 4.50. The van der Waals surface area contributed by atoms with Crippen molar-refractivity contribution in [3.63, 3.8) is 0 Å². The van der Waals surface area contributed by atoms with Gasteiger partial charge in [0.2, 0.25) is 0 Å². The highest BCUT2D eigenvalue weighted by Crippen LogP contribution is 2.25. The SMILES string of the molecule is CCc1ccccc1.O=CC1CCC(OC(=O)c2ccc(C#CCCCCOC3CCCCO3)cc2)CC1. The molecule has 0 radical (unpaired) electrons. The highest BCUT2D eigenvalue weighted by atomic mass is 16.7. The van der Waals surface area contributed by atoms with Crippen molar-refractivity contribution in [2.75, 3.05) is 13.2 Å². The Morgan fingerprint density at radius 1 is 0.974 bits per heavy atom. The summed E-state index contributed by atoms with van der Waals surface area (Å²) in [5.74, 6) is 6.15. The number of aldehydes is 1. The molecule has 0 amide bonds. The van der Waals surface area contributed by atoms with Crippen molar-refractivity contribution in [2.24, 2.45) is 5.92 Å². The smallest absolute Gasteiger partial charge is 0.338 e. The Hall–Kier alpha value is -2.94. The minimum Gasteiger partial charge on any atom is -0.459 e. The van der Waals surface area contributed by atoms with Crippen LogP contribution in [0, 0.1) is 17.8 Å². The highest BCUT2D eigenvalue weighted by molar-refractivity contribution is 5.89. The number of carbonyl (C=O) groups is 2. The first kappa shape index (κ1) is 29.6. The van der Waals surface area contributed by atoms with Gasteiger partial charge in [-0.2, -0.15) is 0 Å². The molecule has 4 rings (SSSR count). The van der Waals surface area contributed by atoms with E-state index in [2.05, 4.69) is 43.0 Å². The zero-order chi connectivity index (χ0) is 26.8. The summed E-state index contributed by atoms with van der Waals surface area (Å²) in [6.07, 6.45) is 11.3. The summed E-state index contributed by atoms with van der Waals surface area (Å²) in [6, 6.07) is 17.7. The average Bonchev–Trinajstić information content (AvgIpc) is 2.98. The highest BCUT2D eigenvalue weighted by Gasteiger charge is 2.24. The van der Waals surface area contributed by atoms with Crippen LogP contribution in [-0.2, 0) is 25.4 Å². The van der Waals surface area contributed by atoms with Crippen LogP contribution in [0.15, 0.2) is 54.6 Å². The molecule has 0 spiro atoms. The van der Waals surface area contributed by atoms with Crippen LogP contribution in [0.25, 0.3) is 0 Å². The molecule has 204 valence electrons. The van der Waals surface area contributed by atoms with Gasteiger partial charge in [-0.05, 0) is 94.0 Å². The van der Waals surface area contributed by atoms with Crippen molar-refractivity contribution < 1.29 is 23.8 Å². The van der Waals surface area contributed by atoms with Crippen molar-refractivity contribution in [3.05, 3.63) is 71.3 Å². The van der Waals surface area contributed by atoms with Gasteiger partial charge in [0, 0.05) is 31.1 Å². The summed E-state index contributed by atoms with van der Waals surface area (Å²) in [6.45, 7) is 3.70. The van der Waals surface area contributed by atoms with Crippen LogP contribution in [0.1, 0.15) is 92.6 Å². The number of carbonyl (C=O) groups excluding carboxylic acids is 2. The zero-order valence-electron chi connectivity index (χ0n) is 22.7. The standard InChI is InChI=1S/C25H32O5.C8H10/c26-19-21-11-15-23(16-12-21)30-25(27)22-13-9-20(10-14-22)7-3-1-2-5-17-28-24-8-4-6-18-29-24;1-2-8-6-4-3-5-7-8/h9-10,13-14,19,21,23-24H,1-2,4-6,8,11-12,15-18H2;3-7H,2H2,1H3. The Labute approximate surface area is 228 Å². The first-order valence-electron chi connectivity index (χ1n) is 14.2. The summed E-state index contributed by atoms with van der Waals surface area (Å²) in [7, 11) is 0. The molecule has 1 saturated heterocycles. The molecule has 1 saturated carbocycles. The summed E-state index contributed by atoms with van der Waals surface area (Å²) in [5.41, 5.74) is 2.84. The molecule has 1 aliphatic heterocycles. The Kier molecular flexibility index (Phi) is 13.7. The minimum atomic E-state index is -0.300. The van der Waals surface area contributed by atoms with Gasteiger partial charge in [0.25, 0.3) is 0 Å². The van der Waals surface area contributed by atoms with E-state index >= 15 is 0 Å². The van der Waals surface area contributed by atoms with E-state index in [1.54, 1.807) is 12.1 Å². The summed E-state index contributed by atoms with van der Waals surface area (Å²) in [5, 5.41) is 0. The maximum absolute atomic E-state index is 12.3. The average molecular weight is 519 g/mol. The Balaban J connectivity index is 0.000000427. The van der Waals surface area contributed by atoms with Gasteiger partial charge in [-0.15, -0.1) is 0 Å². The molecule has 38 heavy (non-hydrogen) atoms. The molecule has 2 fully saturated rings. The topological polar surface area (TPSA) is 61.8 Å². The summed E-state index contributed by atoms with van der Waals surface area (Å²) < 4.78 is 16.8. The molecule has 2 aliphatic rings. The van der Waals surface area contributed by atoms with Crippen LogP contribution in [0.2, 0.25) is 0 Å². The Morgan fingerprint density at radius 3 is 2.37 bits per heavy atom. The molecule has 1 aliphatic carbocycles. The normalized spacial score (nSPS) is 20.7. The number of hydrogen-bond donors (Lipinski definition) is 0. The van der Waals surface area contributed by atoms with Gasteiger partial charge in [-0.3, -0.25) is 0 Å². The fourth-order valence-electron chi connectivity index (χ4n) is 4.50. The molecule has 1 unspecified atom stereocenters. The van der Waals surface area contributed by atoms with Crippen LogP contribution in [0.5, 0.6) is 0 Å². The van der Waals surface area contributed by atoms with Crippen molar-refractivity contribution in [2.45, 2.75) is 89.9 Å². The number of ether oxygens (including phenoxy) is 3. The molecule has 1 atom stereocenters. The van der Waals surface area contributed by atoms with Gasteiger partial charge in [0.15, 0.2) is 6.29 Å². The largest absolute Gasteiger partial charge is 0.459 e. The minimum absolute atomic E-state index is 0.0126. The monoisotopic (exact) mass is 518 g/mol. The summed E-state index contributed by atoms with van der Waals surface area (Å²) in [4.78, 5) is 23.1. The lowest BCUT2D eigenvalue weighted by Gasteiger charge is -2.25. The molecule has 5 nitrogen and oxygen atoms in total. The third-order valence-electron chi connectivity index (χ3n) is 6.93. The van der Waals surface area contributed by atoms with Gasteiger partial charge in [0.05, 0.1) is 5.56 Å². The molecule has 0 bridgehead atoms. The Morgan fingerprint density at radius 2 is 1.74 bits per heavy atom. The third-order valence-corrected chi connectivity index (χ3v) is 6.93. The predicted molar refractivity (Wildman–Crippen MR) is 150 cm³/mol. The van der Waals surface area contributed by atoms with Gasteiger partial charge < -0.3 is 19.0 Å². The van der Waals surface area contributed by atoms with Crippen molar-refractivity contribution in [3.8, 4) is 11.8 Å². The molecular formula is C33H42O5. The maximum atomic E-state index is 12.3. The lowest BCUT2D eigenvalue weighted by atomic mass is 9.88. The molecule has 2 aromatic carbocycles. The van der Waals surface area contributed by atoms with Gasteiger partial charge in [-0.1, -0.05) is 49.1 Å². The number of benzene rings is 2. The second-order valence-electron chi connectivity index (χ2n) is 9.92. The molecule has 2 aromatic rings. The van der Waals surface area contributed by atoms with Crippen molar-refractivity contribution >= 4 is 12.3 Å². The maximum Gasteiger partial charge on any atom is 0.338 e. The molecular weight excluding hydrogens is 476 g/mol. The van der Waals surface area contributed by atoms with Gasteiger partial charge >= 0.3 is 5.97 Å². The number of hydrogen-bond acceptors (Lipinski definition) is 5. The lowest BCUT2D eigenvalue weighted by molar-refractivity contribution is -0.162. The van der Waals surface area contributed by atoms with Crippen molar-refractivity contribution in [1.82, 2.24) is 0 Å². The van der Waals surface area contributed by atoms with Crippen LogP contribution in [0.4, 0.5) is 0 Å². The van der Waals surface area contributed by atoms with E-state index in [9.17, 15) is 9.59 Å². The quantitative estimate of drug-likeness (QED) is 0.156. The van der Waals surface area contributed by atoms with Crippen LogP contribution < -0.4 is 0 Å². The number of unbranched alkanes of at least 4 members (excludes halogenated alkanes) is 2. The van der Waals surface area contributed by atoms with E-state index in [1.165, 1.54) is 12.0 Å². The zero-order valence-corrected chi connectivity index (χ0v) is 22.7. The summed E-state index contributed by atoms with van der Waals surface area (Å²) >= 11 is 0. The van der Waals surface area contributed by atoms with Crippen LogP contribution in [0.3, 0.4) is 0 Å². The second-order valence-corrected chi connectivity index (χ2v) is 9.92. The van der Waals surface area contributed by atoms with Crippen LogP contribution in [-0.4, -0.2) is 37.9 Å². The van der Waals surface area contributed by atoms with Crippen LogP contribution >= 0.6 is 0 Å². The molecule has 1 heterocycles. The number of aryl methyl sites for hydroxylation is 1. The first-order chi connectivity index (χ1) is 18.7. The van der Waals surface area contributed by atoms with E-state index in [1.807, 2.05) is 18.2 Å². The Bertz CT molecular complexity index is 991. The second kappa shape index (κ2) is 17.5. The van der Waals surface area contributed by atoms with Gasteiger partial charge in [0.1, 0.15) is 12.4 Å². The lowest BCUT2D eigenvalue weighted by Crippen LogP contribution is -2.25. The first-order valence-corrected chi connectivity index (χ1v) is 14.2. The van der Waals surface area contributed by atoms with Crippen molar-refractivity contribution in [1.29, 1.82) is 0 Å². The number of rotatable bonds is 9. The third kappa shape index (κ3) is 11.2. The van der Waals surface area contributed by atoms with E-state index in [0.717, 1.165) is 89.3 Å². The molecule has 0 aromatic heterocycles. The van der Waals surface area contributed by atoms with E-state index < -0.39 is 0 Å². The molecule has 5 heteroatoms. The van der Waals surface area contributed by atoms with E-state index in [-0.39, 0.29) is 24.3 Å². The predicted octanol–water partition coefficient (Wildman–Crippen LogP) is 6.92. The fraction of sp³-hybridized carbons (Fsp3) is 0.515. The van der Waals surface area contributed by atoms with E-state index in [0.29, 0.717) is 5.56 Å². The molecule has 0 N–H and O–H groups in total. The van der Waals surface area contributed by atoms with Gasteiger partial charge in [-0.25, -0.2) is 4.79 Å². The van der Waals surface area contributed by atoms with E-state index in [4.69, 9.17) is 14.2 Å². The number of esters is 1.